The summed E-state index contributed by atoms with van der Waals surface area (Å²) < 4.78 is 0.816. The van der Waals surface area contributed by atoms with E-state index in [0.717, 1.165) is 10.5 Å². The fourth-order valence-corrected chi connectivity index (χ4v) is 2.19. The molecule has 0 fully saturated rings. The Hall–Kier alpha value is -2.74. The van der Waals surface area contributed by atoms with Gasteiger partial charge in [0.25, 0.3) is 11.6 Å². The predicted molar refractivity (Wildman–Crippen MR) is 88.2 cm³/mol. The van der Waals surface area contributed by atoms with Crippen molar-refractivity contribution in [2.75, 3.05) is 11.9 Å². The number of carbonyl (C=O) groups excluding carboxylic acids is 2. The number of nitro benzene ring substituents is 1. The van der Waals surface area contributed by atoms with Gasteiger partial charge in [-0.05, 0) is 24.3 Å². The molecule has 0 aromatic heterocycles. The normalized spacial score (nSPS) is 9.96. The first-order chi connectivity index (χ1) is 11.0. The highest BCUT2D eigenvalue weighted by molar-refractivity contribution is 9.10. The maximum absolute atomic E-state index is 11.9. The van der Waals surface area contributed by atoms with Gasteiger partial charge in [0.1, 0.15) is 0 Å². The standard InChI is InChI=1S/C15H12BrN3O4/c16-11-4-2-5-12(8-11)18-14(20)9-17-15(21)10-3-1-6-13(7-10)19(22)23/h1-8H,9H2,(H,17,21)(H,18,20). The highest BCUT2D eigenvalue weighted by atomic mass is 79.9. The van der Waals surface area contributed by atoms with Gasteiger partial charge in [0.2, 0.25) is 5.91 Å². The Labute approximate surface area is 140 Å². The Morgan fingerprint density at radius 1 is 1.13 bits per heavy atom. The summed E-state index contributed by atoms with van der Waals surface area (Å²) in [5.74, 6) is -0.958. The molecule has 2 amide bonds. The molecule has 0 saturated carbocycles. The van der Waals surface area contributed by atoms with Crippen molar-refractivity contribution in [1.29, 1.82) is 0 Å². The quantitative estimate of drug-likeness (QED) is 0.617. The minimum Gasteiger partial charge on any atom is -0.343 e. The van der Waals surface area contributed by atoms with Crippen LogP contribution in [0.1, 0.15) is 10.4 Å². The van der Waals surface area contributed by atoms with Crippen molar-refractivity contribution in [3.05, 3.63) is 68.7 Å². The zero-order valence-corrected chi connectivity index (χ0v) is 13.4. The summed E-state index contributed by atoms with van der Waals surface area (Å²) in [6, 6.07) is 12.3. The van der Waals surface area contributed by atoms with E-state index in [1.807, 2.05) is 6.07 Å². The molecule has 0 aliphatic carbocycles. The van der Waals surface area contributed by atoms with E-state index in [1.54, 1.807) is 18.2 Å². The molecule has 2 N–H and O–H groups in total. The van der Waals surface area contributed by atoms with E-state index in [1.165, 1.54) is 18.2 Å². The van der Waals surface area contributed by atoms with Crippen LogP contribution in [0.5, 0.6) is 0 Å². The molecule has 0 spiro atoms. The van der Waals surface area contributed by atoms with Crippen LogP contribution in [0.3, 0.4) is 0 Å². The van der Waals surface area contributed by atoms with Crippen LogP contribution in [0.25, 0.3) is 0 Å². The third kappa shape index (κ3) is 4.89. The third-order valence-corrected chi connectivity index (χ3v) is 3.33. The lowest BCUT2D eigenvalue weighted by atomic mass is 10.2. The summed E-state index contributed by atoms with van der Waals surface area (Å²) in [6.07, 6.45) is 0. The minimum absolute atomic E-state index is 0.120. The number of nitrogens with one attached hydrogen (secondary N) is 2. The van der Waals surface area contributed by atoms with Gasteiger partial charge in [-0.1, -0.05) is 28.1 Å². The van der Waals surface area contributed by atoms with Crippen LogP contribution < -0.4 is 10.6 Å². The topological polar surface area (TPSA) is 101 Å². The van der Waals surface area contributed by atoms with E-state index >= 15 is 0 Å². The summed E-state index contributed by atoms with van der Waals surface area (Å²) in [5, 5.41) is 15.7. The molecule has 0 unspecified atom stereocenters. The second-order valence-electron chi connectivity index (χ2n) is 4.55. The average Bonchev–Trinajstić information content (AvgIpc) is 2.52. The Morgan fingerprint density at radius 3 is 2.57 bits per heavy atom. The highest BCUT2D eigenvalue weighted by Gasteiger charge is 2.12. The highest BCUT2D eigenvalue weighted by Crippen LogP contribution is 2.15. The van der Waals surface area contributed by atoms with Crippen LogP contribution in [-0.2, 0) is 4.79 Å². The molecule has 0 radical (unpaired) electrons. The number of benzene rings is 2. The molecule has 0 saturated heterocycles. The Morgan fingerprint density at radius 2 is 1.87 bits per heavy atom. The fourth-order valence-electron chi connectivity index (χ4n) is 1.79. The smallest absolute Gasteiger partial charge is 0.270 e. The van der Waals surface area contributed by atoms with Crippen molar-refractivity contribution in [2.24, 2.45) is 0 Å². The molecular formula is C15H12BrN3O4. The van der Waals surface area contributed by atoms with Crippen molar-refractivity contribution < 1.29 is 14.5 Å². The van der Waals surface area contributed by atoms with Gasteiger partial charge >= 0.3 is 0 Å². The summed E-state index contributed by atoms with van der Waals surface area (Å²) in [5.41, 5.74) is 0.527. The number of hydrogen-bond acceptors (Lipinski definition) is 4. The molecule has 2 aromatic carbocycles. The Kier molecular flexibility index (Phi) is 5.42. The second kappa shape index (κ2) is 7.50. The molecule has 7 nitrogen and oxygen atoms in total. The van der Waals surface area contributed by atoms with Gasteiger partial charge in [-0.25, -0.2) is 0 Å². The van der Waals surface area contributed by atoms with Crippen molar-refractivity contribution in [1.82, 2.24) is 5.32 Å². The Balaban J connectivity index is 1.92. The van der Waals surface area contributed by atoms with Crippen molar-refractivity contribution in [3.8, 4) is 0 Å². The van der Waals surface area contributed by atoms with Crippen LogP contribution in [0, 0.1) is 10.1 Å². The van der Waals surface area contributed by atoms with Gasteiger partial charge in [0.15, 0.2) is 0 Å². The van der Waals surface area contributed by atoms with Crippen molar-refractivity contribution in [2.45, 2.75) is 0 Å². The number of rotatable bonds is 5. The van der Waals surface area contributed by atoms with Gasteiger partial charge in [0.05, 0.1) is 11.5 Å². The summed E-state index contributed by atoms with van der Waals surface area (Å²) >= 11 is 3.29. The minimum atomic E-state index is -0.587. The van der Waals surface area contributed by atoms with Crippen LogP contribution in [0.4, 0.5) is 11.4 Å². The molecule has 0 aliphatic rings. The Bertz CT molecular complexity index is 764. The predicted octanol–water partition coefficient (Wildman–Crippen LogP) is 2.73. The summed E-state index contributed by atoms with van der Waals surface area (Å²) in [7, 11) is 0. The first-order valence-corrected chi connectivity index (χ1v) is 7.33. The van der Waals surface area contributed by atoms with E-state index in [2.05, 4.69) is 26.6 Å². The fraction of sp³-hybridized carbons (Fsp3) is 0.0667. The van der Waals surface area contributed by atoms with Gasteiger partial charge in [0, 0.05) is 27.9 Å². The SMILES string of the molecule is O=C(CNC(=O)c1cccc([N+](=O)[O-])c1)Nc1cccc(Br)c1. The molecule has 0 bridgehead atoms. The second-order valence-corrected chi connectivity index (χ2v) is 5.46. The van der Waals surface area contributed by atoms with E-state index in [-0.39, 0.29) is 17.8 Å². The number of carbonyl (C=O) groups is 2. The van der Waals surface area contributed by atoms with Crippen molar-refractivity contribution >= 4 is 39.1 Å². The lowest BCUT2D eigenvalue weighted by molar-refractivity contribution is -0.384. The number of nitrogens with zero attached hydrogens (tertiary/aromatic N) is 1. The van der Waals surface area contributed by atoms with Gasteiger partial charge in [-0.3, -0.25) is 19.7 Å². The first-order valence-electron chi connectivity index (χ1n) is 6.54. The van der Waals surface area contributed by atoms with E-state index in [4.69, 9.17) is 0 Å². The monoisotopic (exact) mass is 377 g/mol. The van der Waals surface area contributed by atoms with Gasteiger partial charge < -0.3 is 10.6 Å². The first kappa shape index (κ1) is 16.6. The van der Waals surface area contributed by atoms with Crippen LogP contribution in [0.15, 0.2) is 53.0 Å². The zero-order chi connectivity index (χ0) is 16.8. The van der Waals surface area contributed by atoms with Crippen molar-refractivity contribution in [3.63, 3.8) is 0 Å². The number of halogens is 1. The maximum Gasteiger partial charge on any atom is 0.270 e. The number of hydrogen-bond donors (Lipinski definition) is 2. The van der Waals surface area contributed by atoms with E-state index < -0.39 is 16.7 Å². The van der Waals surface area contributed by atoms with Gasteiger partial charge in [-0.15, -0.1) is 0 Å². The van der Waals surface area contributed by atoms with Crippen LogP contribution in [-0.4, -0.2) is 23.3 Å². The number of non-ortho nitro benzene ring substituents is 1. The molecule has 23 heavy (non-hydrogen) atoms. The third-order valence-electron chi connectivity index (χ3n) is 2.84. The zero-order valence-electron chi connectivity index (χ0n) is 11.8. The summed E-state index contributed by atoms with van der Waals surface area (Å²) in [6.45, 7) is -0.242. The lowest BCUT2D eigenvalue weighted by Gasteiger charge is -2.07. The van der Waals surface area contributed by atoms with E-state index in [9.17, 15) is 19.7 Å². The summed E-state index contributed by atoms with van der Waals surface area (Å²) in [4.78, 5) is 33.8. The molecule has 0 aliphatic heterocycles. The molecule has 8 heteroatoms. The largest absolute Gasteiger partial charge is 0.343 e. The number of nitro groups is 1. The molecule has 118 valence electrons. The van der Waals surface area contributed by atoms with E-state index in [0.29, 0.717) is 5.69 Å². The lowest BCUT2D eigenvalue weighted by Crippen LogP contribution is -2.32. The maximum atomic E-state index is 11.9. The molecule has 2 aromatic rings. The average molecular weight is 378 g/mol. The number of amides is 2. The molecule has 0 atom stereocenters. The van der Waals surface area contributed by atoms with Crippen LogP contribution in [0.2, 0.25) is 0 Å². The number of anilines is 1. The molecule has 2 rings (SSSR count). The molecule has 0 heterocycles. The van der Waals surface area contributed by atoms with Crippen LogP contribution >= 0.6 is 15.9 Å². The van der Waals surface area contributed by atoms with Gasteiger partial charge in [-0.2, -0.15) is 0 Å². The molecular weight excluding hydrogens is 366 g/mol.